The second kappa shape index (κ2) is 66.1. The highest BCUT2D eigenvalue weighted by Crippen LogP contribution is 2.19. The first-order valence-corrected chi connectivity index (χ1v) is 34.9. The van der Waals surface area contributed by atoms with Gasteiger partial charge in [-0.2, -0.15) is 0 Å². The fourth-order valence-electron chi connectivity index (χ4n) is 11.2. The van der Waals surface area contributed by atoms with Crippen LogP contribution in [0.5, 0.6) is 0 Å². The molecule has 1 amide bonds. The van der Waals surface area contributed by atoms with Crippen molar-refractivity contribution in [3.05, 3.63) is 12.2 Å². The van der Waals surface area contributed by atoms with E-state index in [0.29, 0.717) is 25.9 Å². The van der Waals surface area contributed by atoms with E-state index in [0.717, 1.165) is 70.6 Å². The van der Waals surface area contributed by atoms with Crippen molar-refractivity contribution in [3.8, 4) is 0 Å². The number of ether oxygens (including phenoxy) is 1. The van der Waals surface area contributed by atoms with Crippen molar-refractivity contribution in [1.82, 2.24) is 5.32 Å². The molecular formula is C70H137NO5. The van der Waals surface area contributed by atoms with Crippen molar-refractivity contribution in [1.29, 1.82) is 0 Å². The van der Waals surface area contributed by atoms with Gasteiger partial charge in [0.1, 0.15) is 0 Å². The largest absolute Gasteiger partial charge is 0.466 e. The Morgan fingerprint density at radius 1 is 0.355 bits per heavy atom. The van der Waals surface area contributed by atoms with Crippen LogP contribution in [0.1, 0.15) is 399 Å². The Labute approximate surface area is 476 Å². The Bertz CT molecular complexity index is 1140. The molecule has 0 aromatic heterocycles. The number of carbonyl (C=O) groups excluding carboxylic acids is 2. The third-order valence-corrected chi connectivity index (χ3v) is 16.6. The lowest BCUT2D eigenvalue weighted by atomic mass is 10.0. The van der Waals surface area contributed by atoms with Gasteiger partial charge in [0.05, 0.1) is 25.4 Å². The fourth-order valence-corrected chi connectivity index (χ4v) is 11.2. The highest BCUT2D eigenvalue weighted by atomic mass is 16.5. The maximum atomic E-state index is 12.5. The molecule has 0 saturated heterocycles. The van der Waals surface area contributed by atoms with Crippen LogP contribution in [0, 0.1) is 0 Å². The number of hydrogen-bond acceptors (Lipinski definition) is 5. The molecule has 0 radical (unpaired) electrons. The molecule has 0 aliphatic heterocycles. The van der Waals surface area contributed by atoms with Gasteiger partial charge in [-0.1, -0.05) is 347 Å². The summed E-state index contributed by atoms with van der Waals surface area (Å²) < 4.78 is 5.49. The first kappa shape index (κ1) is 74.6. The van der Waals surface area contributed by atoms with E-state index in [-0.39, 0.29) is 18.5 Å². The summed E-state index contributed by atoms with van der Waals surface area (Å²) >= 11 is 0. The second-order valence-corrected chi connectivity index (χ2v) is 24.2. The number of amides is 1. The SMILES string of the molecule is CCCCCCCCCCCCCCCCCCCCCCCCCCCC(O)C(CO)NC(=O)CCCCCCCCC/C=C\CCCCCCOC(=O)CCCCCCCCCCCCCCCCCCCCC. The maximum Gasteiger partial charge on any atom is 0.305 e. The number of aliphatic hydroxyl groups is 2. The normalized spacial score (nSPS) is 12.5. The van der Waals surface area contributed by atoms with E-state index in [9.17, 15) is 19.8 Å². The minimum absolute atomic E-state index is 0.00365. The van der Waals surface area contributed by atoms with E-state index in [1.165, 1.54) is 295 Å². The van der Waals surface area contributed by atoms with E-state index >= 15 is 0 Å². The molecule has 452 valence electrons. The molecule has 0 bridgehead atoms. The lowest BCUT2D eigenvalue weighted by Crippen LogP contribution is -2.45. The van der Waals surface area contributed by atoms with Gasteiger partial charge in [0.25, 0.3) is 0 Å². The number of hydrogen-bond donors (Lipinski definition) is 3. The molecule has 0 saturated carbocycles. The van der Waals surface area contributed by atoms with E-state index < -0.39 is 12.1 Å². The van der Waals surface area contributed by atoms with Gasteiger partial charge in [-0.3, -0.25) is 9.59 Å². The van der Waals surface area contributed by atoms with Gasteiger partial charge in [-0.25, -0.2) is 0 Å². The number of allylic oxidation sites excluding steroid dienone is 2. The van der Waals surface area contributed by atoms with Crippen LogP contribution in [0.3, 0.4) is 0 Å². The molecule has 76 heavy (non-hydrogen) atoms. The molecule has 0 fully saturated rings. The first-order valence-electron chi connectivity index (χ1n) is 34.9. The second-order valence-electron chi connectivity index (χ2n) is 24.2. The van der Waals surface area contributed by atoms with E-state index in [2.05, 4.69) is 31.3 Å². The van der Waals surface area contributed by atoms with Gasteiger partial charge in [-0.05, 0) is 51.4 Å². The lowest BCUT2D eigenvalue weighted by molar-refractivity contribution is -0.143. The van der Waals surface area contributed by atoms with Crippen LogP contribution in [-0.4, -0.2) is 47.4 Å². The molecule has 0 rings (SSSR count). The molecule has 0 spiro atoms. The van der Waals surface area contributed by atoms with E-state index in [1.807, 2.05) is 0 Å². The minimum Gasteiger partial charge on any atom is -0.466 e. The molecule has 2 unspecified atom stereocenters. The van der Waals surface area contributed by atoms with E-state index in [1.54, 1.807) is 0 Å². The minimum atomic E-state index is -0.675. The molecule has 3 N–H and O–H groups in total. The van der Waals surface area contributed by atoms with Gasteiger partial charge in [-0.15, -0.1) is 0 Å². The molecule has 0 aromatic rings. The predicted octanol–water partition coefficient (Wildman–Crippen LogP) is 22.4. The smallest absolute Gasteiger partial charge is 0.305 e. The average Bonchev–Trinajstić information content (AvgIpc) is 3.42. The summed E-state index contributed by atoms with van der Waals surface area (Å²) in [6.45, 7) is 4.97. The number of nitrogens with one attached hydrogen (secondary N) is 1. The number of esters is 1. The van der Waals surface area contributed by atoms with Crippen LogP contribution in [0.2, 0.25) is 0 Å². The van der Waals surface area contributed by atoms with Crippen molar-refractivity contribution in [2.45, 2.75) is 411 Å². The quantitative estimate of drug-likeness (QED) is 0.0320. The number of carbonyl (C=O) groups is 2. The maximum absolute atomic E-state index is 12.5. The lowest BCUT2D eigenvalue weighted by Gasteiger charge is -2.22. The zero-order valence-corrected chi connectivity index (χ0v) is 51.8. The van der Waals surface area contributed by atoms with Crippen molar-refractivity contribution in [2.24, 2.45) is 0 Å². The molecular weight excluding hydrogens is 935 g/mol. The predicted molar refractivity (Wildman–Crippen MR) is 333 cm³/mol. The van der Waals surface area contributed by atoms with Crippen LogP contribution in [-0.2, 0) is 14.3 Å². The van der Waals surface area contributed by atoms with Gasteiger partial charge in [0.2, 0.25) is 5.91 Å². The number of rotatable bonds is 66. The average molecular weight is 1070 g/mol. The molecule has 0 aromatic carbocycles. The van der Waals surface area contributed by atoms with Crippen LogP contribution in [0.15, 0.2) is 12.2 Å². The Morgan fingerprint density at radius 3 is 0.934 bits per heavy atom. The van der Waals surface area contributed by atoms with Crippen molar-refractivity contribution in [2.75, 3.05) is 13.2 Å². The zero-order chi connectivity index (χ0) is 55.0. The zero-order valence-electron chi connectivity index (χ0n) is 51.8. The van der Waals surface area contributed by atoms with Crippen molar-refractivity contribution < 1.29 is 24.5 Å². The molecule has 0 aliphatic rings. The fraction of sp³-hybridized carbons (Fsp3) is 0.943. The summed E-state index contributed by atoms with van der Waals surface area (Å²) in [7, 11) is 0. The van der Waals surface area contributed by atoms with Crippen LogP contribution >= 0.6 is 0 Å². The molecule has 6 heteroatoms. The van der Waals surface area contributed by atoms with Crippen molar-refractivity contribution >= 4 is 11.9 Å². The van der Waals surface area contributed by atoms with Crippen LogP contribution in [0.25, 0.3) is 0 Å². The number of aliphatic hydroxyl groups excluding tert-OH is 2. The summed E-state index contributed by atoms with van der Waals surface area (Å²) in [5.41, 5.74) is 0. The summed E-state index contributed by atoms with van der Waals surface area (Å²) in [4.78, 5) is 24.7. The summed E-state index contributed by atoms with van der Waals surface area (Å²) in [5, 5.41) is 23.4. The Hall–Kier alpha value is -1.40. The summed E-state index contributed by atoms with van der Waals surface area (Å²) in [6.07, 6.45) is 81.1. The van der Waals surface area contributed by atoms with Gasteiger partial charge >= 0.3 is 5.97 Å². The van der Waals surface area contributed by atoms with Crippen molar-refractivity contribution in [3.63, 3.8) is 0 Å². The summed E-state index contributed by atoms with van der Waals surface area (Å²) in [5.74, 6) is -0.0484. The first-order chi connectivity index (χ1) is 37.5. The van der Waals surface area contributed by atoms with Gasteiger partial charge < -0.3 is 20.3 Å². The number of unbranched alkanes of at least 4 members (excludes halogenated alkanes) is 53. The highest BCUT2D eigenvalue weighted by molar-refractivity contribution is 5.76. The Morgan fingerprint density at radius 2 is 0.618 bits per heavy atom. The molecule has 6 nitrogen and oxygen atoms in total. The highest BCUT2D eigenvalue weighted by Gasteiger charge is 2.20. The van der Waals surface area contributed by atoms with Gasteiger partial charge in [0, 0.05) is 12.8 Å². The third-order valence-electron chi connectivity index (χ3n) is 16.6. The third kappa shape index (κ3) is 61.8. The molecule has 0 aliphatic carbocycles. The Kier molecular flexibility index (Phi) is 64.9. The van der Waals surface area contributed by atoms with Crippen LogP contribution < -0.4 is 5.32 Å². The Balaban J connectivity index is 3.43. The van der Waals surface area contributed by atoms with Crippen LogP contribution in [0.4, 0.5) is 0 Å². The van der Waals surface area contributed by atoms with E-state index in [4.69, 9.17) is 4.74 Å². The standard InChI is InChI=1S/C70H137NO5/c1-3-5-7-9-11-13-15-17-19-21-23-24-25-26-27-28-30-31-34-38-42-46-50-54-58-62-68(73)67(66-72)71-69(74)63-59-55-51-47-43-39-35-33-37-41-45-49-53-57-61-65-76-70(75)64-60-56-52-48-44-40-36-32-29-22-20-18-16-14-12-10-8-6-4-2/h37,41,67-68,72-73H,3-36,38-40,42-66H2,1-2H3,(H,71,74)/b41-37-. The molecule has 0 heterocycles. The monoisotopic (exact) mass is 1070 g/mol. The molecule has 2 atom stereocenters. The topological polar surface area (TPSA) is 95.9 Å². The van der Waals surface area contributed by atoms with Gasteiger partial charge in [0.15, 0.2) is 0 Å². The summed E-state index contributed by atoms with van der Waals surface area (Å²) in [6, 6.07) is -0.554.